The van der Waals surface area contributed by atoms with E-state index >= 15 is 0 Å². The molecule has 1 aromatic rings. The molecule has 3 N–H and O–H groups in total. The van der Waals surface area contributed by atoms with Crippen LogP contribution in [0.1, 0.15) is 25.8 Å². The summed E-state index contributed by atoms with van der Waals surface area (Å²) in [4.78, 5) is 23.0. The molecule has 0 bridgehead atoms. The van der Waals surface area contributed by atoms with Crippen LogP contribution >= 0.6 is 15.9 Å². The van der Waals surface area contributed by atoms with Crippen molar-refractivity contribution in [3.63, 3.8) is 0 Å². The predicted octanol–water partition coefficient (Wildman–Crippen LogP) is 3.38. The second-order valence-electron chi connectivity index (χ2n) is 4.78. The van der Waals surface area contributed by atoms with Crippen LogP contribution in [0.4, 0.5) is 10.5 Å². The third-order valence-electron chi connectivity index (χ3n) is 3.14. The second-order valence-corrected chi connectivity index (χ2v) is 5.64. The maximum Gasteiger partial charge on any atom is 0.326 e. The van der Waals surface area contributed by atoms with E-state index < -0.39 is 18.0 Å². The molecule has 2 atom stereocenters. The van der Waals surface area contributed by atoms with Gasteiger partial charge in [-0.25, -0.2) is 9.59 Å². The van der Waals surface area contributed by atoms with Gasteiger partial charge in [0.05, 0.1) is 5.69 Å². The topological polar surface area (TPSA) is 78.4 Å². The molecule has 0 saturated carbocycles. The molecule has 2 amide bonds. The summed E-state index contributed by atoms with van der Waals surface area (Å²) in [6.45, 7) is 5.62. The highest BCUT2D eigenvalue weighted by atomic mass is 79.9. The van der Waals surface area contributed by atoms with Crippen LogP contribution in [-0.2, 0) is 4.79 Å². The molecule has 1 unspecified atom stereocenters. The lowest BCUT2D eigenvalue weighted by Crippen LogP contribution is -2.46. The maximum absolute atomic E-state index is 11.9. The van der Waals surface area contributed by atoms with Crippen LogP contribution in [0.15, 0.2) is 22.7 Å². The fourth-order valence-electron chi connectivity index (χ4n) is 1.70. The molecule has 6 heteroatoms. The highest BCUT2D eigenvalue weighted by molar-refractivity contribution is 9.10. The van der Waals surface area contributed by atoms with E-state index in [4.69, 9.17) is 5.11 Å². The van der Waals surface area contributed by atoms with Gasteiger partial charge in [0, 0.05) is 4.47 Å². The zero-order valence-corrected chi connectivity index (χ0v) is 13.3. The minimum Gasteiger partial charge on any atom is -0.480 e. The molecule has 0 fully saturated rings. The molecule has 0 radical (unpaired) electrons. The van der Waals surface area contributed by atoms with E-state index in [1.807, 2.05) is 26.0 Å². The molecule has 5 nitrogen and oxygen atoms in total. The van der Waals surface area contributed by atoms with Crippen molar-refractivity contribution >= 4 is 33.6 Å². The molecule has 1 aromatic carbocycles. The van der Waals surface area contributed by atoms with Gasteiger partial charge >= 0.3 is 12.0 Å². The van der Waals surface area contributed by atoms with Gasteiger partial charge in [-0.3, -0.25) is 0 Å². The zero-order valence-electron chi connectivity index (χ0n) is 11.7. The van der Waals surface area contributed by atoms with E-state index in [1.165, 1.54) is 0 Å². The Morgan fingerprint density at radius 1 is 1.40 bits per heavy atom. The lowest BCUT2D eigenvalue weighted by molar-refractivity contribution is -0.140. The molecule has 0 heterocycles. The molecular formula is C14H19BrN2O3. The van der Waals surface area contributed by atoms with Gasteiger partial charge < -0.3 is 15.7 Å². The lowest BCUT2D eigenvalue weighted by Gasteiger charge is -2.20. The summed E-state index contributed by atoms with van der Waals surface area (Å²) >= 11 is 3.35. The van der Waals surface area contributed by atoms with Crippen molar-refractivity contribution in [3.8, 4) is 0 Å². The van der Waals surface area contributed by atoms with Crippen molar-refractivity contribution in [3.05, 3.63) is 28.2 Å². The number of hydrogen-bond acceptors (Lipinski definition) is 2. The number of rotatable bonds is 5. The third-order valence-corrected chi connectivity index (χ3v) is 3.79. The molecule has 20 heavy (non-hydrogen) atoms. The largest absolute Gasteiger partial charge is 0.480 e. The van der Waals surface area contributed by atoms with Crippen LogP contribution in [0.2, 0.25) is 0 Å². The maximum atomic E-state index is 11.9. The van der Waals surface area contributed by atoms with Crippen molar-refractivity contribution in [2.75, 3.05) is 5.32 Å². The van der Waals surface area contributed by atoms with Gasteiger partial charge in [0.2, 0.25) is 0 Å². The molecule has 110 valence electrons. The Morgan fingerprint density at radius 3 is 2.55 bits per heavy atom. The first kappa shape index (κ1) is 16.5. The number of halogens is 1. The first-order valence-corrected chi connectivity index (χ1v) is 7.21. The number of nitrogens with one attached hydrogen (secondary N) is 2. The summed E-state index contributed by atoms with van der Waals surface area (Å²) in [5, 5.41) is 14.3. The van der Waals surface area contributed by atoms with E-state index in [-0.39, 0.29) is 5.92 Å². The molecule has 0 spiro atoms. The summed E-state index contributed by atoms with van der Waals surface area (Å²) in [6.07, 6.45) is 0.672. The number of aliphatic carboxylic acids is 1. The van der Waals surface area contributed by atoms with Crippen LogP contribution in [0.3, 0.4) is 0 Å². The van der Waals surface area contributed by atoms with Gasteiger partial charge in [-0.1, -0.05) is 26.3 Å². The number of benzene rings is 1. The Morgan fingerprint density at radius 2 is 2.05 bits per heavy atom. The van der Waals surface area contributed by atoms with Gasteiger partial charge in [0.1, 0.15) is 6.04 Å². The fourth-order valence-corrected chi connectivity index (χ4v) is 2.30. The summed E-state index contributed by atoms with van der Waals surface area (Å²) in [7, 11) is 0. The van der Waals surface area contributed by atoms with Gasteiger partial charge in [-0.15, -0.1) is 0 Å². The van der Waals surface area contributed by atoms with Crippen molar-refractivity contribution in [2.24, 2.45) is 5.92 Å². The summed E-state index contributed by atoms with van der Waals surface area (Å²) in [6, 6.07) is 4.08. The van der Waals surface area contributed by atoms with Crippen molar-refractivity contribution in [1.29, 1.82) is 0 Å². The molecule has 0 aliphatic rings. The minimum absolute atomic E-state index is 0.139. The minimum atomic E-state index is -1.03. The molecular weight excluding hydrogens is 324 g/mol. The molecule has 0 aromatic heterocycles. The number of carbonyl (C=O) groups is 2. The third kappa shape index (κ3) is 4.52. The van der Waals surface area contributed by atoms with E-state index in [0.717, 1.165) is 10.0 Å². The number of amides is 2. The average molecular weight is 343 g/mol. The number of carbonyl (C=O) groups excluding carboxylic acids is 1. The van der Waals surface area contributed by atoms with E-state index in [9.17, 15) is 9.59 Å². The number of urea groups is 1. The smallest absolute Gasteiger partial charge is 0.326 e. The number of carboxylic acids is 1. The first-order chi connectivity index (χ1) is 9.35. The number of anilines is 1. The van der Waals surface area contributed by atoms with Crippen LogP contribution < -0.4 is 10.6 Å². The Labute approximate surface area is 126 Å². The van der Waals surface area contributed by atoms with Crippen LogP contribution in [-0.4, -0.2) is 23.1 Å². The van der Waals surface area contributed by atoms with Crippen molar-refractivity contribution < 1.29 is 14.7 Å². The highest BCUT2D eigenvalue weighted by Crippen LogP contribution is 2.23. The lowest BCUT2D eigenvalue weighted by atomic mass is 9.99. The SMILES string of the molecule is CCC(C)[C@H](NC(=O)Nc1ccc(C)cc1Br)C(=O)O. The van der Waals surface area contributed by atoms with E-state index in [2.05, 4.69) is 26.6 Å². The van der Waals surface area contributed by atoms with Crippen molar-refractivity contribution in [2.45, 2.75) is 33.2 Å². The number of hydrogen-bond donors (Lipinski definition) is 3. The van der Waals surface area contributed by atoms with Crippen LogP contribution in [0, 0.1) is 12.8 Å². The molecule has 1 rings (SSSR count). The number of aryl methyl sites for hydroxylation is 1. The summed E-state index contributed by atoms with van der Waals surface area (Å²) in [5.74, 6) is -1.17. The van der Waals surface area contributed by atoms with Gasteiger partial charge in [0.15, 0.2) is 0 Å². The van der Waals surface area contributed by atoms with E-state index in [0.29, 0.717) is 12.1 Å². The summed E-state index contributed by atoms with van der Waals surface area (Å²) in [5.41, 5.74) is 1.66. The Bertz CT molecular complexity index is 505. The monoisotopic (exact) mass is 342 g/mol. The standard InChI is InChI=1S/C14H19BrN2O3/c1-4-9(3)12(13(18)19)17-14(20)16-11-6-5-8(2)7-10(11)15/h5-7,9,12H,4H2,1-3H3,(H,18,19)(H2,16,17,20)/t9?,12-/m0/s1. The molecule has 0 aliphatic heterocycles. The number of carboxylic acid groups (broad SMARTS) is 1. The highest BCUT2D eigenvalue weighted by Gasteiger charge is 2.25. The van der Waals surface area contributed by atoms with E-state index in [1.54, 1.807) is 13.0 Å². The quantitative estimate of drug-likeness (QED) is 0.767. The van der Waals surface area contributed by atoms with Gasteiger partial charge in [0.25, 0.3) is 0 Å². The fraction of sp³-hybridized carbons (Fsp3) is 0.429. The van der Waals surface area contributed by atoms with Crippen LogP contribution in [0.5, 0.6) is 0 Å². The Hall–Kier alpha value is -1.56. The van der Waals surface area contributed by atoms with Crippen molar-refractivity contribution in [1.82, 2.24) is 5.32 Å². The zero-order chi connectivity index (χ0) is 15.3. The Kier molecular flexibility index (Phi) is 6.01. The molecule has 0 saturated heterocycles. The predicted molar refractivity (Wildman–Crippen MR) is 81.9 cm³/mol. The molecule has 0 aliphatic carbocycles. The van der Waals surface area contributed by atoms with Gasteiger partial charge in [-0.05, 0) is 46.5 Å². The first-order valence-electron chi connectivity index (χ1n) is 6.41. The second kappa shape index (κ2) is 7.28. The average Bonchev–Trinajstić information content (AvgIpc) is 2.38. The van der Waals surface area contributed by atoms with Crippen LogP contribution in [0.25, 0.3) is 0 Å². The normalized spacial score (nSPS) is 13.4. The van der Waals surface area contributed by atoms with Gasteiger partial charge in [-0.2, -0.15) is 0 Å². The summed E-state index contributed by atoms with van der Waals surface area (Å²) < 4.78 is 0.753. The Balaban J connectivity index is 2.73.